The van der Waals surface area contributed by atoms with E-state index < -0.39 is 0 Å². The second-order valence-electron chi connectivity index (χ2n) is 5.70. The first-order chi connectivity index (χ1) is 10.3. The van der Waals surface area contributed by atoms with E-state index in [1.54, 1.807) is 11.8 Å². The van der Waals surface area contributed by atoms with Gasteiger partial charge in [-0.15, -0.1) is 11.8 Å². The third-order valence-electron chi connectivity index (χ3n) is 3.97. The molecule has 2 aromatic rings. The number of fused-ring (bicyclic) bond motifs is 1. The lowest BCUT2D eigenvalue weighted by molar-refractivity contribution is 0.374. The molecule has 0 saturated heterocycles. The van der Waals surface area contributed by atoms with Gasteiger partial charge in [0.05, 0.1) is 5.25 Å². The molecule has 3 rings (SSSR count). The summed E-state index contributed by atoms with van der Waals surface area (Å²) in [6, 6.07) is 6.83. The first kappa shape index (κ1) is 14.6. The Balaban J connectivity index is 1.65. The van der Waals surface area contributed by atoms with Crippen LogP contribution < -0.4 is 0 Å². The van der Waals surface area contributed by atoms with Crippen LogP contribution in [0.3, 0.4) is 0 Å². The zero-order valence-electron chi connectivity index (χ0n) is 12.8. The summed E-state index contributed by atoms with van der Waals surface area (Å²) in [6.07, 6.45) is 6.94. The molecule has 0 radical (unpaired) electrons. The van der Waals surface area contributed by atoms with Gasteiger partial charge in [0.15, 0.2) is 5.82 Å². The van der Waals surface area contributed by atoms with Crippen LogP contribution in [0.1, 0.15) is 61.2 Å². The van der Waals surface area contributed by atoms with Crippen molar-refractivity contribution >= 4 is 11.8 Å². The zero-order chi connectivity index (χ0) is 14.7. The predicted molar refractivity (Wildman–Crippen MR) is 85.6 cm³/mol. The van der Waals surface area contributed by atoms with Crippen molar-refractivity contribution in [3.63, 3.8) is 0 Å². The maximum Gasteiger partial charge on any atom is 0.239 e. The lowest BCUT2D eigenvalue weighted by atomic mass is 10.1. The summed E-state index contributed by atoms with van der Waals surface area (Å²) >= 11 is 1.80. The van der Waals surface area contributed by atoms with Crippen molar-refractivity contribution < 1.29 is 4.52 Å². The van der Waals surface area contributed by atoms with Crippen molar-refractivity contribution in [1.82, 2.24) is 10.1 Å². The Bertz CT molecular complexity index is 609. The second kappa shape index (κ2) is 6.65. The first-order valence-corrected chi connectivity index (χ1v) is 8.75. The Morgan fingerprint density at radius 3 is 3.00 bits per heavy atom. The van der Waals surface area contributed by atoms with Gasteiger partial charge in [0.2, 0.25) is 5.89 Å². The topological polar surface area (TPSA) is 38.9 Å². The summed E-state index contributed by atoms with van der Waals surface area (Å²) in [5.41, 5.74) is 3.04. The minimum atomic E-state index is 0.201. The van der Waals surface area contributed by atoms with Gasteiger partial charge in [-0.25, -0.2) is 0 Å². The van der Waals surface area contributed by atoms with Crippen molar-refractivity contribution in [2.45, 2.75) is 62.5 Å². The molecule has 0 amide bonds. The van der Waals surface area contributed by atoms with E-state index in [9.17, 15) is 0 Å². The molecule has 3 nitrogen and oxygen atoms in total. The first-order valence-electron chi connectivity index (χ1n) is 7.87. The normalized spacial score (nSPS) is 15.1. The molecule has 0 N–H and O–H groups in total. The van der Waals surface area contributed by atoms with Crippen LogP contribution in [0.4, 0.5) is 0 Å². The van der Waals surface area contributed by atoms with Crippen molar-refractivity contribution in [2.75, 3.05) is 0 Å². The summed E-state index contributed by atoms with van der Waals surface area (Å²) < 4.78 is 5.41. The minimum Gasteiger partial charge on any atom is -0.338 e. The van der Waals surface area contributed by atoms with Crippen LogP contribution in [-0.2, 0) is 19.3 Å². The van der Waals surface area contributed by atoms with E-state index in [4.69, 9.17) is 4.52 Å². The summed E-state index contributed by atoms with van der Waals surface area (Å²) in [7, 11) is 0. The van der Waals surface area contributed by atoms with Gasteiger partial charge in [0.1, 0.15) is 0 Å². The number of unbranched alkanes of at least 4 members (excludes halogenated alkanes) is 1. The number of nitrogens with zero attached hydrogens (tertiary/aromatic N) is 2. The Kier molecular flexibility index (Phi) is 4.63. The Labute approximate surface area is 130 Å². The standard InChI is InChI=1S/C17H22N2OS/c1-3-4-8-16-18-17(20-19-16)12(2)21-15-10-9-13-6-5-7-14(13)11-15/h9-12H,3-8H2,1-2H3. The second-order valence-corrected chi connectivity index (χ2v) is 7.11. The van der Waals surface area contributed by atoms with Gasteiger partial charge in [-0.05, 0) is 55.9 Å². The molecular formula is C17H22N2OS. The van der Waals surface area contributed by atoms with Gasteiger partial charge in [-0.3, -0.25) is 0 Å². The molecule has 21 heavy (non-hydrogen) atoms. The van der Waals surface area contributed by atoms with Crippen molar-refractivity contribution in [3.8, 4) is 0 Å². The number of hydrogen-bond acceptors (Lipinski definition) is 4. The number of aryl methyl sites for hydroxylation is 3. The highest BCUT2D eigenvalue weighted by atomic mass is 32.2. The molecule has 1 unspecified atom stereocenters. The minimum absolute atomic E-state index is 0.201. The molecule has 1 aromatic heterocycles. The molecule has 112 valence electrons. The third-order valence-corrected chi connectivity index (χ3v) is 5.05. The van der Waals surface area contributed by atoms with E-state index in [2.05, 4.69) is 42.2 Å². The Morgan fingerprint density at radius 1 is 1.29 bits per heavy atom. The van der Waals surface area contributed by atoms with Crippen molar-refractivity contribution in [3.05, 3.63) is 41.0 Å². The molecule has 1 aliphatic rings. The molecule has 0 spiro atoms. The van der Waals surface area contributed by atoms with Crippen LogP contribution >= 0.6 is 11.8 Å². The highest BCUT2D eigenvalue weighted by Gasteiger charge is 2.17. The van der Waals surface area contributed by atoms with Gasteiger partial charge in [-0.2, -0.15) is 4.98 Å². The molecule has 0 saturated carbocycles. The van der Waals surface area contributed by atoms with Crippen LogP contribution in [0.5, 0.6) is 0 Å². The highest BCUT2D eigenvalue weighted by molar-refractivity contribution is 7.99. The smallest absolute Gasteiger partial charge is 0.239 e. The summed E-state index contributed by atoms with van der Waals surface area (Å²) in [4.78, 5) is 5.82. The molecule has 1 aliphatic carbocycles. The molecular weight excluding hydrogens is 280 g/mol. The van der Waals surface area contributed by atoms with Crippen LogP contribution in [0.25, 0.3) is 0 Å². The van der Waals surface area contributed by atoms with E-state index >= 15 is 0 Å². The SMILES string of the molecule is CCCCc1noc(C(C)Sc2ccc3c(c2)CCC3)n1. The molecule has 0 aliphatic heterocycles. The summed E-state index contributed by atoms with van der Waals surface area (Å²) in [5, 5.41) is 4.28. The number of hydrogen-bond donors (Lipinski definition) is 0. The van der Waals surface area contributed by atoms with Gasteiger partial charge in [0.25, 0.3) is 0 Å². The van der Waals surface area contributed by atoms with Gasteiger partial charge in [-0.1, -0.05) is 24.6 Å². The average molecular weight is 302 g/mol. The van der Waals surface area contributed by atoms with Crippen LogP contribution in [0.15, 0.2) is 27.6 Å². The fraction of sp³-hybridized carbons (Fsp3) is 0.529. The molecule has 1 heterocycles. The van der Waals surface area contributed by atoms with E-state index in [0.29, 0.717) is 0 Å². The van der Waals surface area contributed by atoms with Gasteiger partial charge in [0, 0.05) is 11.3 Å². The monoisotopic (exact) mass is 302 g/mol. The lowest BCUT2D eigenvalue weighted by Crippen LogP contribution is -1.92. The maximum absolute atomic E-state index is 5.41. The quantitative estimate of drug-likeness (QED) is 0.722. The van der Waals surface area contributed by atoms with Crippen molar-refractivity contribution in [1.29, 1.82) is 0 Å². The summed E-state index contributed by atoms with van der Waals surface area (Å²) in [5.74, 6) is 1.58. The fourth-order valence-corrected chi connectivity index (χ4v) is 3.71. The fourth-order valence-electron chi connectivity index (χ4n) is 2.75. The van der Waals surface area contributed by atoms with E-state index in [0.717, 1.165) is 31.0 Å². The number of benzene rings is 1. The largest absolute Gasteiger partial charge is 0.338 e. The number of rotatable bonds is 6. The predicted octanol–water partition coefficient (Wildman–Crippen LogP) is 4.75. The van der Waals surface area contributed by atoms with Gasteiger partial charge >= 0.3 is 0 Å². The number of thioether (sulfide) groups is 1. The average Bonchev–Trinajstić information content (AvgIpc) is 3.13. The Morgan fingerprint density at radius 2 is 2.14 bits per heavy atom. The van der Waals surface area contributed by atoms with E-state index in [1.807, 2.05) is 0 Å². The van der Waals surface area contributed by atoms with E-state index in [-0.39, 0.29) is 5.25 Å². The summed E-state index contributed by atoms with van der Waals surface area (Å²) in [6.45, 7) is 4.31. The van der Waals surface area contributed by atoms with Crippen molar-refractivity contribution in [2.24, 2.45) is 0 Å². The van der Waals surface area contributed by atoms with Gasteiger partial charge < -0.3 is 4.52 Å². The molecule has 4 heteroatoms. The molecule has 1 atom stereocenters. The maximum atomic E-state index is 5.41. The molecule has 1 aromatic carbocycles. The zero-order valence-corrected chi connectivity index (χ0v) is 13.6. The van der Waals surface area contributed by atoms with E-state index in [1.165, 1.54) is 35.3 Å². The van der Waals surface area contributed by atoms with Crippen LogP contribution in [0.2, 0.25) is 0 Å². The number of aromatic nitrogens is 2. The lowest BCUT2D eigenvalue weighted by Gasteiger charge is -2.08. The highest BCUT2D eigenvalue weighted by Crippen LogP contribution is 2.36. The van der Waals surface area contributed by atoms with Crippen LogP contribution in [-0.4, -0.2) is 10.1 Å². The van der Waals surface area contributed by atoms with Crippen LogP contribution in [0, 0.1) is 0 Å². The molecule has 0 fully saturated rings. The Hall–Kier alpha value is -1.29. The molecule has 0 bridgehead atoms. The third kappa shape index (κ3) is 3.49.